The van der Waals surface area contributed by atoms with Crippen molar-refractivity contribution in [3.63, 3.8) is 0 Å². The minimum atomic E-state index is 0.253. The van der Waals surface area contributed by atoms with Crippen molar-refractivity contribution in [1.82, 2.24) is 9.55 Å². The second-order valence-corrected chi connectivity index (χ2v) is 6.27. The van der Waals surface area contributed by atoms with Crippen LogP contribution in [0.3, 0.4) is 0 Å². The van der Waals surface area contributed by atoms with E-state index in [1.54, 1.807) is 0 Å². The third-order valence-electron chi connectivity index (χ3n) is 4.13. The molecule has 0 spiro atoms. The smallest absolute Gasteiger partial charge is 0.181 e. The number of carbonyl (C=O) groups excluding carboxylic acids is 1. The van der Waals surface area contributed by atoms with Crippen LogP contribution in [0.5, 0.6) is 0 Å². The molecular formula is C20H28N2O. The van der Waals surface area contributed by atoms with E-state index in [4.69, 9.17) is 4.98 Å². The zero-order chi connectivity index (χ0) is 17.0. The maximum absolute atomic E-state index is 12.3. The normalized spacial score (nSPS) is 13.6. The summed E-state index contributed by atoms with van der Waals surface area (Å²) in [4.78, 5) is 17.1. The van der Waals surface area contributed by atoms with Gasteiger partial charge in [-0.05, 0) is 25.3 Å². The molecule has 0 saturated carbocycles. The lowest BCUT2D eigenvalue weighted by Crippen LogP contribution is -2.17. The maximum Gasteiger partial charge on any atom is 0.181 e. The van der Waals surface area contributed by atoms with Crippen molar-refractivity contribution in [1.29, 1.82) is 0 Å². The monoisotopic (exact) mass is 312 g/mol. The van der Waals surface area contributed by atoms with E-state index < -0.39 is 0 Å². The van der Waals surface area contributed by atoms with Gasteiger partial charge >= 0.3 is 0 Å². The lowest BCUT2D eigenvalue weighted by atomic mass is 9.99. The predicted octanol–water partition coefficient (Wildman–Crippen LogP) is 4.91. The number of ketones is 1. The largest absolute Gasteiger partial charge is 0.321 e. The van der Waals surface area contributed by atoms with Crippen LogP contribution in [-0.2, 0) is 13.0 Å². The fourth-order valence-electron chi connectivity index (χ4n) is 3.02. The van der Waals surface area contributed by atoms with Gasteiger partial charge in [-0.1, -0.05) is 57.5 Å². The van der Waals surface area contributed by atoms with Gasteiger partial charge in [0, 0.05) is 18.9 Å². The summed E-state index contributed by atoms with van der Waals surface area (Å²) in [7, 11) is 0. The minimum Gasteiger partial charge on any atom is -0.321 e. The first-order valence-electron chi connectivity index (χ1n) is 8.74. The SMILES string of the molecule is CC.Cc1ccc(Cn2c(C(C)C)nc3c2C(=O)CCC3)cc1. The molecule has 3 heteroatoms. The highest BCUT2D eigenvalue weighted by Gasteiger charge is 2.26. The van der Waals surface area contributed by atoms with E-state index >= 15 is 0 Å². The zero-order valence-electron chi connectivity index (χ0n) is 15.0. The molecule has 0 aliphatic heterocycles. The Labute approximate surface area is 139 Å². The third-order valence-corrected chi connectivity index (χ3v) is 4.13. The minimum absolute atomic E-state index is 0.253. The van der Waals surface area contributed by atoms with E-state index in [1.807, 2.05) is 13.8 Å². The molecule has 124 valence electrons. The summed E-state index contributed by atoms with van der Waals surface area (Å²) in [5.74, 6) is 1.62. The van der Waals surface area contributed by atoms with E-state index in [0.29, 0.717) is 12.3 Å². The summed E-state index contributed by atoms with van der Waals surface area (Å²) < 4.78 is 2.14. The molecule has 3 nitrogen and oxygen atoms in total. The van der Waals surface area contributed by atoms with Crippen LogP contribution in [0.2, 0.25) is 0 Å². The summed E-state index contributed by atoms with van der Waals surface area (Å²) >= 11 is 0. The number of aromatic nitrogens is 2. The Bertz CT molecular complexity index is 666. The van der Waals surface area contributed by atoms with Gasteiger partial charge in [-0.15, -0.1) is 0 Å². The zero-order valence-corrected chi connectivity index (χ0v) is 15.0. The number of nitrogens with zero attached hydrogens (tertiary/aromatic N) is 2. The second kappa shape index (κ2) is 7.58. The van der Waals surface area contributed by atoms with Gasteiger partial charge in [-0.3, -0.25) is 4.79 Å². The van der Waals surface area contributed by atoms with Gasteiger partial charge in [-0.25, -0.2) is 4.98 Å². The average molecular weight is 312 g/mol. The molecule has 23 heavy (non-hydrogen) atoms. The van der Waals surface area contributed by atoms with Gasteiger partial charge in [0.05, 0.1) is 5.69 Å². The summed E-state index contributed by atoms with van der Waals surface area (Å²) in [5.41, 5.74) is 4.33. The van der Waals surface area contributed by atoms with Gasteiger partial charge in [0.15, 0.2) is 5.78 Å². The maximum atomic E-state index is 12.3. The van der Waals surface area contributed by atoms with Crippen molar-refractivity contribution in [2.24, 2.45) is 0 Å². The molecule has 1 aromatic carbocycles. The van der Waals surface area contributed by atoms with Crippen LogP contribution < -0.4 is 0 Å². The summed E-state index contributed by atoms with van der Waals surface area (Å²) in [6.07, 6.45) is 2.52. The van der Waals surface area contributed by atoms with Crippen LogP contribution in [0.15, 0.2) is 24.3 Å². The van der Waals surface area contributed by atoms with Gasteiger partial charge in [0.2, 0.25) is 0 Å². The number of imidazole rings is 1. The highest BCUT2D eigenvalue weighted by molar-refractivity contribution is 5.96. The number of carbonyl (C=O) groups is 1. The number of hydrogen-bond donors (Lipinski definition) is 0. The Balaban J connectivity index is 0.000000924. The Morgan fingerprint density at radius 2 is 1.78 bits per heavy atom. The third kappa shape index (κ3) is 3.72. The molecule has 2 aromatic rings. The van der Waals surface area contributed by atoms with Crippen molar-refractivity contribution in [3.05, 3.63) is 52.6 Å². The molecule has 1 aromatic heterocycles. The molecule has 0 radical (unpaired) electrons. The lowest BCUT2D eigenvalue weighted by Gasteiger charge is -2.16. The number of rotatable bonds is 3. The molecule has 0 atom stereocenters. The number of hydrogen-bond acceptors (Lipinski definition) is 2. The Morgan fingerprint density at radius 3 is 2.39 bits per heavy atom. The quantitative estimate of drug-likeness (QED) is 0.807. The lowest BCUT2D eigenvalue weighted by molar-refractivity contribution is 0.0963. The summed E-state index contributed by atoms with van der Waals surface area (Å²) in [5, 5.41) is 0. The average Bonchev–Trinajstić information content (AvgIpc) is 2.92. The highest BCUT2D eigenvalue weighted by Crippen LogP contribution is 2.26. The summed E-state index contributed by atoms with van der Waals surface area (Å²) in [6.45, 7) is 11.1. The van der Waals surface area contributed by atoms with E-state index in [9.17, 15) is 4.79 Å². The molecule has 0 unspecified atom stereocenters. The molecule has 0 fully saturated rings. The van der Waals surface area contributed by atoms with E-state index in [2.05, 4.69) is 49.6 Å². The van der Waals surface area contributed by atoms with Crippen molar-refractivity contribution in [2.45, 2.75) is 66.3 Å². The number of Topliss-reactive ketones (excluding diaryl/α,β-unsaturated/α-hetero) is 1. The second-order valence-electron chi connectivity index (χ2n) is 6.27. The molecule has 0 bridgehead atoms. The topological polar surface area (TPSA) is 34.9 Å². The molecule has 1 aliphatic carbocycles. The predicted molar refractivity (Wildman–Crippen MR) is 95.2 cm³/mol. The first-order valence-corrected chi connectivity index (χ1v) is 8.74. The van der Waals surface area contributed by atoms with E-state index in [-0.39, 0.29) is 5.78 Å². The molecular weight excluding hydrogens is 284 g/mol. The fraction of sp³-hybridized carbons (Fsp3) is 0.500. The van der Waals surface area contributed by atoms with Crippen LogP contribution in [0, 0.1) is 6.92 Å². The molecule has 0 N–H and O–H groups in total. The van der Waals surface area contributed by atoms with Crippen molar-refractivity contribution in [2.75, 3.05) is 0 Å². The first kappa shape index (κ1) is 17.5. The van der Waals surface area contributed by atoms with Gasteiger partial charge in [-0.2, -0.15) is 0 Å². The van der Waals surface area contributed by atoms with E-state index in [0.717, 1.165) is 36.6 Å². The highest BCUT2D eigenvalue weighted by atomic mass is 16.1. The Hall–Kier alpha value is -1.90. The van der Waals surface area contributed by atoms with Gasteiger partial charge < -0.3 is 4.57 Å². The molecule has 0 saturated heterocycles. The fourth-order valence-corrected chi connectivity index (χ4v) is 3.02. The number of benzene rings is 1. The molecule has 0 amide bonds. The summed E-state index contributed by atoms with van der Waals surface area (Å²) in [6, 6.07) is 8.52. The first-order chi connectivity index (χ1) is 11.1. The Morgan fingerprint density at radius 1 is 1.13 bits per heavy atom. The van der Waals surface area contributed by atoms with E-state index in [1.165, 1.54) is 11.1 Å². The van der Waals surface area contributed by atoms with Crippen molar-refractivity contribution < 1.29 is 4.79 Å². The van der Waals surface area contributed by atoms with Crippen molar-refractivity contribution >= 4 is 5.78 Å². The molecule has 1 aliphatic rings. The van der Waals surface area contributed by atoms with Gasteiger partial charge in [0.25, 0.3) is 0 Å². The van der Waals surface area contributed by atoms with Crippen LogP contribution in [0.1, 0.15) is 79.6 Å². The van der Waals surface area contributed by atoms with Crippen LogP contribution in [-0.4, -0.2) is 15.3 Å². The Kier molecular flexibility index (Phi) is 5.75. The van der Waals surface area contributed by atoms with Crippen LogP contribution >= 0.6 is 0 Å². The van der Waals surface area contributed by atoms with Crippen LogP contribution in [0.25, 0.3) is 0 Å². The number of fused-ring (bicyclic) bond motifs is 1. The molecule has 1 heterocycles. The standard InChI is InChI=1S/C18H22N2O.C2H6/c1-12(2)18-19-15-5-4-6-16(21)17(15)20(18)11-14-9-7-13(3)8-10-14;1-2/h7-10,12H,4-6,11H2,1-3H3;1-2H3. The van der Waals surface area contributed by atoms with Crippen molar-refractivity contribution in [3.8, 4) is 0 Å². The number of aryl methyl sites for hydroxylation is 2. The molecule has 3 rings (SSSR count). The van der Waals surface area contributed by atoms with Gasteiger partial charge in [0.1, 0.15) is 11.5 Å². The van der Waals surface area contributed by atoms with Crippen LogP contribution in [0.4, 0.5) is 0 Å².